The first-order valence-corrected chi connectivity index (χ1v) is 9.07. The molecule has 6 heteroatoms. The molecule has 0 amide bonds. The molecular formula is C19H20ClN3O2. The SMILES string of the molecule is O=C1C[C@H](c2ccc(Cl)cc2)Cc2nc(NC[C@H]3CCCO3)ncc21. The maximum Gasteiger partial charge on any atom is 0.222 e. The van der Waals surface area contributed by atoms with Gasteiger partial charge in [0.25, 0.3) is 0 Å². The van der Waals surface area contributed by atoms with Gasteiger partial charge < -0.3 is 10.1 Å². The van der Waals surface area contributed by atoms with E-state index in [1.54, 1.807) is 6.20 Å². The minimum absolute atomic E-state index is 0.104. The summed E-state index contributed by atoms with van der Waals surface area (Å²) in [7, 11) is 0. The van der Waals surface area contributed by atoms with Crippen LogP contribution in [-0.4, -0.2) is 35.0 Å². The first-order chi connectivity index (χ1) is 12.2. The van der Waals surface area contributed by atoms with Gasteiger partial charge in [-0.25, -0.2) is 9.97 Å². The van der Waals surface area contributed by atoms with E-state index in [0.29, 0.717) is 29.5 Å². The Labute approximate surface area is 151 Å². The number of nitrogens with one attached hydrogen (secondary N) is 1. The number of fused-ring (bicyclic) bond motifs is 1. The number of benzene rings is 1. The average Bonchev–Trinajstić information content (AvgIpc) is 3.14. The summed E-state index contributed by atoms with van der Waals surface area (Å²) >= 11 is 5.96. The number of ether oxygens (including phenoxy) is 1. The summed E-state index contributed by atoms with van der Waals surface area (Å²) < 4.78 is 5.61. The van der Waals surface area contributed by atoms with E-state index in [-0.39, 0.29) is 17.8 Å². The predicted octanol–water partition coefficient (Wildman–Crippen LogP) is 3.63. The van der Waals surface area contributed by atoms with Crippen molar-refractivity contribution in [3.63, 3.8) is 0 Å². The lowest BCUT2D eigenvalue weighted by Crippen LogP contribution is -2.23. The van der Waals surface area contributed by atoms with Crippen LogP contribution < -0.4 is 5.32 Å². The normalized spacial score (nSPS) is 22.7. The number of Topliss-reactive ketones (excluding diaryl/α,β-unsaturated/α-hetero) is 1. The lowest BCUT2D eigenvalue weighted by Gasteiger charge is -2.23. The van der Waals surface area contributed by atoms with Crippen LogP contribution in [0.4, 0.5) is 5.95 Å². The Morgan fingerprint density at radius 3 is 2.84 bits per heavy atom. The smallest absolute Gasteiger partial charge is 0.222 e. The molecule has 1 fully saturated rings. The summed E-state index contributed by atoms with van der Waals surface area (Å²) in [6.45, 7) is 1.53. The molecule has 2 atom stereocenters. The number of nitrogens with zero attached hydrogens (tertiary/aromatic N) is 2. The summed E-state index contributed by atoms with van der Waals surface area (Å²) in [6.07, 6.45) is 5.27. The number of carbonyl (C=O) groups is 1. The lowest BCUT2D eigenvalue weighted by molar-refractivity contribution is 0.0962. The van der Waals surface area contributed by atoms with Crippen LogP contribution in [0, 0.1) is 0 Å². The van der Waals surface area contributed by atoms with Gasteiger partial charge in [-0.2, -0.15) is 0 Å². The monoisotopic (exact) mass is 357 g/mol. The number of hydrogen-bond acceptors (Lipinski definition) is 5. The maximum atomic E-state index is 12.5. The molecular weight excluding hydrogens is 338 g/mol. The molecule has 1 N–H and O–H groups in total. The van der Waals surface area contributed by atoms with E-state index < -0.39 is 0 Å². The topological polar surface area (TPSA) is 64.1 Å². The molecule has 0 spiro atoms. The van der Waals surface area contributed by atoms with Crippen LogP contribution in [0.15, 0.2) is 30.5 Å². The molecule has 2 aromatic rings. The number of rotatable bonds is 4. The van der Waals surface area contributed by atoms with E-state index in [1.807, 2.05) is 24.3 Å². The molecule has 1 saturated heterocycles. The minimum Gasteiger partial charge on any atom is -0.376 e. The zero-order valence-electron chi connectivity index (χ0n) is 13.9. The molecule has 0 unspecified atom stereocenters. The summed E-state index contributed by atoms with van der Waals surface area (Å²) in [5, 5.41) is 3.94. The fraction of sp³-hybridized carbons (Fsp3) is 0.421. The van der Waals surface area contributed by atoms with Gasteiger partial charge in [0.05, 0.1) is 17.4 Å². The van der Waals surface area contributed by atoms with Crippen molar-refractivity contribution < 1.29 is 9.53 Å². The van der Waals surface area contributed by atoms with Gasteiger partial charge in [0.15, 0.2) is 5.78 Å². The van der Waals surface area contributed by atoms with Crippen molar-refractivity contribution in [3.05, 3.63) is 52.3 Å². The third-order valence-corrected chi connectivity index (χ3v) is 5.14. The zero-order chi connectivity index (χ0) is 17.2. The molecule has 5 nitrogen and oxygen atoms in total. The molecule has 1 aromatic carbocycles. The molecule has 2 aliphatic rings. The lowest BCUT2D eigenvalue weighted by atomic mass is 9.82. The fourth-order valence-corrected chi connectivity index (χ4v) is 3.64. The number of aromatic nitrogens is 2. The van der Waals surface area contributed by atoms with Gasteiger partial charge in [-0.05, 0) is 42.9 Å². The average molecular weight is 358 g/mol. The quantitative estimate of drug-likeness (QED) is 0.905. The summed E-state index contributed by atoms with van der Waals surface area (Å²) in [5.41, 5.74) is 2.59. The van der Waals surface area contributed by atoms with Gasteiger partial charge in [0, 0.05) is 30.8 Å². The number of hydrogen-bond donors (Lipinski definition) is 1. The highest BCUT2D eigenvalue weighted by molar-refractivity contribution is 6.30. The Bertz CT molecular complexity index is 773. The second kappa shape index (κ2) is 7.10. The van der Waals surface area contributed by atoms with Gasteiger partial charge in [0.1, 0.15) is 0 Å². The van der Waals surface area contributed by atoms with E-state index in [4.69, 9.17) is 16.3 Å². The van der Waals surface area contributed by atoms with Crippen LogP contribution in [0.2, 0.25) is 5.02 Å². The number of carbonyl (C=O) groups excluding carboxylic acids is 1. The van der Waals surface area contributed by atoms with E-state index in [1.165, 1.54) is 0 Å². The van der Waals surface area contributed by atoms with Crippen molar-refractivity contribution in [1.29, 1.82) is 0 Å². The summed E-state index contributed by atoms with van der Waals surface area (Å²) in [4.78, 5) is 21.4. The highest BCUT2D eigenvalue weighted by Gasteiger charge is 2.28. The Morgan fingerprint density at radius 1 is 1.24 bits per heavy atom. The molecule has 0 bridgehead atoms. The minimum atomic E-state index is 0.104. The molecule has 1 aromatic heterocycles. The van der Waals surface area contributed by atoms with Gasteiger partial charge in [-0.1, -0.05) is 23.7 Å². The number of anilines is 1. The van der Waals surface area contributed by atoms with Crippen molar-refractivity contribution in [2.24, 2.45) is 0 Å². The van der Waals surface area contributed by atoms with Crippen LogP contribution in [-0.2, 0) is 11.2 Å². The summed E-state index contributed by atoms with van der Waals surface area (Å²) in [6, 6.07) is 7.71. The van der Waals surface area contributed by atoms with E-state index in [2.05, 4.69) is 15.3 Å². The fourth-order valence-electron chi connectivity index (χ4n) is 3.51. The predicted molar refractivity (Wildman–Crippen MR) is 96.3 cm³/mol. The molecule has 130 valence electrons. The molecule has 25 heavy (non-hydrogen) atoms. The van der Waals surface area contributed by atoms with Crippen molar-refractivity contribution in [1.82, 2.24) is 9.97 Å². The molecule has 4 rings (SSSR count). The molecule has 1 aliphatic carbocycles. The second-order valence-electron chi connectivity index (χ2n) is 6.65. The Balaban J connectivity index is 1.51. The van der Waals surface area contributed by atoms with Crippen molar-refractivity contribution in [2.45, 2.75) is 37.7 Å². The van der Waals surface area contributed by atoms with Crippen molar-refractivity contribution in [2.75, 3.05) is 18.5 Å². The standard InChI is InChI=1S/C19H20ClN3O2/c20-14-5-3-12(4-6-14)13-8-17-16(18(24)9-13)11-22-19(23-17)21-10-15-2-1-7-25-15/h3-6,11,13,15H,1-2,7-10H2,(H,21,22,23)/t13-,15-/m1/s1. The molecule has 0 radical (unpaired) electrons. The van der Waals surface area contributed by atoms with Gasteiger partial charge in [-0.15, -0.1) is 0 Å². The van der Waals surface area contributed by atoms with Crippen LogP contribution in [0.1, 0.15) is 46.8 Å². The van der Waals surface area contributed by atoms with E-state index in [9.17, 15) is 4.79 Å². The highest BCUT2D eigenvalue weighted by Crippen LogP contribution is 2.32. The largest absolute Gasteiger partial charge is 0.376 e. The van der Waals surface area contributed by atoms with Crippen molar-refractivity contribution >= 4 is 23.3 Å². The maximum absolute atomic E-state index is 12.5. The zero-order valence-corrected chi connectivity index (χ0v) is 14.6. The highest BCUT2D eigenvalue weighted by atomic mass is 35.5. The second-order valence-corrected chi connectivity index (χ2v) is 7.09. The Morgan fingerprint density at radius 2 is 2.08 bits per heavy atom. The van der Waals surface area contributed by atoms with Crippen LogP contribution >= 0.6 is 11.6 Å². The third kappa shape index (κ3) is 3.67. The molecule has 0 saturated carbocycles. The van der Waals surface area contributed by atoms with E-state index >= 15 is 0 Å². The molecule has 2 heterocycles. The number of ketones is 1. The van der Waals surface area contributed by atoms with Crippen LogP contribution in [0.3, 0.4) is 0 Å². The van der Waals surface area contributed by atoms with Gasteiger partial charge in [-0.3, -0.25) is 4.79 Å². The van der Waals surface area contributed by atoms with Crippen LogP contribution in [0.5, 0.6) is 0 Å². The van der Waals surface area contributed by atoms with E-state index in [0.717, 1.165) is 37.1 Å². The third-order valence-electron chi connectivity index (χ3n) is 4.89. The Hall–Kier alpha value is -1.98. The van der Waals surface area contributed by atoms with Crippen molar-refractivity contribution in [3.8, 4) is 0 Å². The van der Waals surface area contributed by atoms with Crippen LogP contribution in [0.25, 0.3) is 0 Å². The summed E-state index contributed by atoms with van der Waals surface area (Å²) in [5.74, 6) is 0.809. The Kier molecular flexibility index (Phi) is 4.68. The van der Waals surface area contributed by atoms with Gasteiger partial charge in [0.2, 0.25) is 5.95 Å². The number of halogens is 1. The van der Waals surface area contributed by atoms with Gasteiger partial charge >= 0.3 is 0 Å². The first kappa shape index (κ1) is 16.5. The molecule has 1 aliphatic heterocycles. The first-order valence-electron chi connectivity index (χ1n) is 8.69.